The van der Waals surface area contributed by atoms with Crippen molar-refractivity contribution in [3.8, 4) is 0 Å². The normalized spacial score (nSPS) is 14.8. The Hall–Kier alpha value is -1.37. The number of fused-ring (bicyclic) bond motifs is 1. The summed E-state index contributed by atoms with van der Waals surface area (Å²) < 4.78 is 23.1. The fraction of sp³-hybridized carbons (Fsp3) is 0.267. The minimum Gasteiger partial charge on any atom is -0.348 e. The lowest BCUT2D eigenvalue weighted by Crippen LogP contribution is -2.35. The van der Waals surface area contributed by atoms with Gasteiger partial charge in [-0.15, -0.1) is 11.3 Å². The zero-order chi connectivity index (χ0) is 15.9. The first kappa shape index (κ1) is 15.5. The summed E-state index contributed by atoms with van der Waals surface area (Å²) in [6.45, 7) is 0. The summed E-state index contributed by atoms with van der Waals surface area (Å²) in [5.74, 6) is -0.317. The predicted molar refractivity (Wildman–Crippen MR) is 87.5 cm³/mol. The van der Waals surface area contributed by atoms with Gasteiger partial charge in [0.05, 0.1) is 9.92 Å². The largest absolute Gasteiger partial charge is 0.348 e. The third kappa shape index (κ3) is 2.91. The van der Waals surface area contributed by atoms with Crippen molar-refractivity contribution >= 4 is 38.7 Å². The monoisotopic (exact) mass is 355 g/mol. The molecule has 0 radical (unpaired) electrons. The van der Waals surface area contributed by atoms with Gasteiger partial charge >= 0.3 is 0 Å². The van der Waals surface area contributed by atoms with Gasteiger partial charge in [0.25, 0.3) is 5.91 Å². The van der Waals surface area contributed by atoms with Gasteiger partial charge in [-0.05, 0) is 24.0 Å². The standard InChI is InChI=1S/C15H14ClNO3S2/c1-22(19,20)12-8-21-14(13(12)16)15(18)17-11-6-9-4-2-3-5-10(9)7-11/h2-5,8,11H,6-7H2,1H3,(H,17,18). The molecule has 1 aliphatic carbocycles. The van der Waals surface area contributed by atoms with Crippen LogP contribution in [0, 0.1) is 0 Å². The second-order valence-electron chi connectivity index (χ2n) is 5.36. The Morgan fingerprint density at radius 2 is 1.86 bits per heavy atom. The van der Waals surface area contributed by atoms with Crippen LogP contribution in [0.5, 0.6) is 0 Å². The molecule has 1 heterocycles. The first-order valence-electron chi connectivity index (χ1n) is 6.71. The molecule has 22 heavy (non-hydrogen) atoms. The average Bonchev–Trinajstić information content (AvgIpc) is 3.00. The van der Waals surface area contributed by atoms with Crippen molar-refractivity contribution in [1.82, 2.24) is 5.32 Å². The zero-order valence-corrected chi connectivity index (χ0v) is 14.2. The SMILES string of the molecule is CS(=O)(=O)c1csc(C(=O)NC2Cc3ccccc3C2)c1Cl. The van der Waals surface area contributed by atoms with Crippen LogP contribution in [0.25, 0.3) is 0 Å². The second-order valence-corrected chi connectivity index (χ2v) is 8.60. The summed E-state index contributed by atoms with van der Waals surface area (Å²) in [6, 6.07) is 8.10. The number of nitrogens with one attached hydrogen (secondary N) is 1. The number of sulfone groups is 1. The van der Waals surface area contributed by atoms with E-state index in [0.29, 0.717) is 0 Å². The van der Waals surface area contributed by atoms with E-state index < -0.39 is 9.84 Å². The van der Waals surface area contributed by atoms with Crippen molar-refractivity contribution in [2.45, 2.75) is 23.8 Å². The lowest BCUT2D eigenvalue weighted by Gasteiger charge is -2.11. The average molecular weight is 356 g/mol. The molecule has 1 aromatic carbocycles. The minimum atomic E-state index is -3.42. The van der Waals surface area contributed by atoms with E-state index in [1.165, 1.54) is 16.5 Å². The Kier molecular flexibility index (Phi) is 4.01. The van der Waals surface area contributed by atoms with Gasteiger partial charge in [0.2, 0.25) is 0 Å². The summed E-state index contributed by atoms with van der Waals surface area (Å²) in [7, 11) is -3.42. The van der Waals surface area contributed by atoms with E-state index >= 15 is 0 Å². The number of thiophene rings is 1. The lowest BCUT2D eigenvalue weighted by atomic mass is 10.1. The fourth-order valence-corrected chi connectivity index (χ4v) is 5.46. The van der Waals surface area contributed by atoms with E-state index in [4.69, 9.17) is 11.6 Å². The topological polar surface area (TPSA) is 63.2 Å². The maximum absolute atomic E-state index is 12.3. The highest BCUT2D eigenvalue weighted by atomic mass is 35.5. The van der Waals surface area contributed by atoms with Crippen LogP contribution < -0.4 is 5.32 Å². The molecular formula is C15H14ClNO3S2. The molecule has 1 amide bonds. The van der Waals surface area contributed by atoms with Gasteiger partial charge in [-0.3, -0.25) is 4.79 Å². The smallest absolute Gasteiger partial charge is 0.263 e. The molecule has 0 aliphatic heterocycles. The highest BCUT2D eigenvalue weighted by molar-refractivity contribution is 7.91. The Labute approximate surface area is 138 Å². The maximum atomic E-state index is 12.3. The van der Waals surface area contributed by atoms with Crippen molar-refractivity contribution < 1.29 is 13.2 Å². The summed E-state index contributed by atoms with van der Waals surface area (Å²) in [5, 5.41) is 4.37. The van der Waals surface area contributed by atoms with Crippen LogP contribution in [0.4, 0.5) is 0 Å². The first-order chi connectivity index (χ1) is 10.4. The van der Waals surface area contributed by atoms with Gasteiger partial charge < -0.3 is 5.32 Å². The van der Waals surface area contributed by atoms with Crippen LogP contribution in [0.3, 0.4) is 0 Å². The third-order valence-corrected chi connectivity index (χ3v) is 6.56. The van der Waals surface area contributed by atoms with Crippen LogP contribution in [-0.2, 0) is 22.7 Å². The quantitative estimate of drug-likeness (QED) is 0.920. The number of halogens is 1. The summed E-state index contributed by atoms with van der Waals surface area (Å²) in [6.07, 6.45) is 2.64. The van der Waals surface area contributed by atoms with E-state index in [2.05, 4.69) is 17.4 Å². The third-order valence-electron chi connectivity index (χ3n) is 3.69. The molecule has 0 saturated heterocycles. The van der Waals surface area contributed by atoms with E-state index in [1.54, 1.807) is 0 Å². The molecular weight excluding hydrogens is 342 g/mol. The van der Waals surface area contributed by atoms with Crippen LogP contribution in [0.1, 0.15) is 20.8 Å². The van der Waals surface area contributed by atoms with Crippen molar-refractivity contribution in [2.24, 2.45) is 0 Å². The van der Waals surface area contributed by atoms with Gasteiger partial charge in [-0.25, -0.2) is 8.42 Å². The summed E-state index contributed by atoms with van der Waals surface area (Å²) >= 11 is 7.10. The number of amides is 1. The number of hydrogen-bond acceptors (Lipinski definition) is 4. The number of rotatable bonds is 3. The molecule has 0 bridgehead atoms. The molecule has 0 atom stereocenters. The van der Waals surface area contributed by atoms with Crippen molar-refractivity contribution in [3.63, 3.8) is 0 Å². The van der Waals surface area contributed by atoms with Gasteiger partial charge in [-0.2, -0.15) is 0 Å². The Morgan fingerprint density at radius 3 is 2.36 bits per heavy atom. The molecule has 2 aromatic rings. The van der Waals surface area contributed by atoms with Crippen LogP contribution in [-0.4, -0.2) is 26.6 Å². The molecule has 4 nitrogen and oxygen atoms in total. The van der Waals surface area contributed by atoms with Gasteiger partial charge in [-0.1, -0.05) is 35.9 Å². The molecule has 0 spiro atoms. The fourth-order valence-electron chi connectivity index (χ4n) is 2.64. The number of carbonyl (C=O) groups excluding carboxylic acids is 1. The molecule has 116 valence electrons. The maximum Gasteiger partial charge on any atom is 0.263 e. The van der Waals surface area contributed by atoms with E-state index in [1.807, 2.05) is 12.1 Å². The van der Waals surface area contributed by atoms with Crippen molar-refractivity contribution in [1.29, 1.82) is 0 Å². The molecule has 1 N–H and O–H groups in total. The molecule has 1 aliphatic rings. The predicted octanol–water partition coefficient (Wildman–Crippen LogP) is 2.70. The Balaban J connectivity index is 1.76. The number of benzene rings is 1. The van der Waals surface area contributed by atoms with Crippen LogP contribution in [0.15, 0.2) is 34.5 Å². The van der Waals surface area contributed by atoms with Gasteiger partial charge in [0, 0.05) is 17.7 Å². The Bertz CT molecular complexity index is 817. The second kappa shape index (κ2) is 5.68. The lowest BCUT2D eigenvalue weighted by molar-refractivity contribution is 0.0942. The van der Waals surface area contributed by atoms with Gasteiger partial charge in [0.1, 0.15) is 4.88 Å². The first-order valence-corrected chi connectivity index (χ1v) is 9.86. The van der Waals surface area contributed by atoms with E-state index in [0.717, 1.165) is 30.4 Å². The summed E-state index contributed by atoms with van der Waals surface area (Å²) in [4.78, 5) is 12.6. The molecule has 0 fully saturated rings. The van der Waals surface area contributed by atoms with Crippen LogP contribution in [0.2, 0.25) is 5.02 Å². The van der Waals surface area contributed by atoms with Crippen molar-refractivity contribution in [3.05, 3.63) is 50.7 Å². The molecule has 1 aromatic heterocycles. The molecule has 0 unspecified atom stereocenters. The minimum absolute atomic E-state index is 0.0130. The molecule has 0 saturated carbocycles. The van der Waals surface area contributed by atoms with Gasteiger partial charge in [0.15, 0.2) is 9.84 Å². The Morgan fingerprint density at radius 1 is 1.27 bits per heavy atom. The van der Waals surface area contributed by atoms with Crippen LogP contribution >= 0.6 is 22.9 Å². The molecule has 7 heteroatoms. The van der Waals surface area contributed by atoms with Crippen molar-refractivity contribution in [2.75, 3.05) is 6.26 Å². The molecule has 3 rings (SSSR count). The highest BCUT2D eigenvalue weighted by Gasteiger charge is 2.26. The number of hydrogen-bond donors (Lipinski definition) is 1. The van der Waals surface area contributed by atoms with E-state index in [-0.39, 0.29) is 26.7 Å². The number of carbonyl (C=O) groups is 1. The zero-order valence-electron chi connectivity index (χ0n) is 11.8. The highest BCUT2D eigenvalue weighted by Crippen LogP contribution is 2.32. The van der Waals surface area contributed by atoms with E-state index in [9.17, 15) is 13.2 Å². The summed E-state index contributed by atoms with van der Waals surface area (Å²) in [5.41, 5.74) is 2.48.